The van der Waals surface area contributed by atoms with E-state index in [0.717, 1.165) is 0 Å². The van der Waals surface area contributed by atoms with Gasteiger partial charge in [-0.1, -0.05) is 0 Å². The van der Waals surface area contributed by atoms with Crippen LogP contribution in [-0.4, -0.2) is 92.6 Å². The minimum Gasteiger partial charge on any atom is -0.388 e. The van der Waals surface area contributed by atoms with Crippen LogP contribution in [-0.2, 0) is 14.2 Å². The van der Waals surface area contributed by atoms with Crippen LogP contribution in [0.2, 0.25) is 0 Å². The van der Waals surface area contributed by atoms with Gasteiger partial charge in [0.25, 0.3) is 0 Å². The molecule has 0 aromatic rings. The third kappa shape index (κ3) is 2.96. The van der Waals surface area contributed by atoms with Crippen molar-refractivity contribution in [1.29, 1.82) is 0 Å². The quantitative estimate of drug-likeness (QED) is 0.302. The van der Waals surface area contributed by atoms with Crippen molar-refractivity contribution in [3.63, 3.8) is 0 Å². The molecule has 2 aliphatic heterocycles. The Hall–Kier alpha value is -0.360. The average molecular weight is 296 g/mol. The molecular weight excluding hydrogens is 276 g/mol. The maximum atomic E-state index is 9.77. The number of aliphatic hydroxyl groups is 6. The fraction of sp³-hybridized carbons (Fsp3) is 1.00. The van der Waals surface area contributed by atoms with Gasteiger partial charge in [0.2, 0.25) is 0 Å². The second-order valence-electron chi connectivity index (χ2n) is 5.06. The fourth-order valence-electron chi connectivity index (χ4n) is 2.21. The highest BCUT2D eigenvalue weighted by atomic mass is 16.7. The largest absolute Gasteiger partial charge is 0.388 e. The van der Waals surface area contributed by atoms with E-state index in [1.54, 1.807) is 0 Å². The summed E-state index contributed by atoms with van der Waals surface area (Å²) >= 11 is 0. The predicted octanol–water partition coefficient (Wildman–Crippen LogP) is -3.73. The molecule has 0 bridgehead atoms. The summed E-state index contributed by atoms with van der Waals surface area (Å²) in [5, 5.41) is 57.7. The molecule has 2 fully saturated rings. The second kappa shape index (κ2) is 6.18. The summed E-state index contributed by atoms with van der Waals surface area (Å²) in [6.07, 6.45) is -12.1. The third-order valence-electron chi connectivity index (χ3n) is 3.55. The summed E-state index contributed by atoms with van der Waals surface area (Å²) in [6.45, 7) is 1.21. The van der Waals surface area contributed by atoms with E-state index in [1.807, 2.05) is 0 Å². The summed E-state index contributed by atoms with van der Waals surface area (Å²) in [5.74, 6) is 0. The molecule has 6 N–H and O–H groups in total. The number of rotatable bonds is 2. The Morgan fingerprint density at radius 3 is 2.20 bits per heavy atom. The Morgan fingerprint density at radius 1 is 0.900 bits per heavy atom. The molecule has 0 saturated carbocycles. The van der Waals surface area contributed by atoms with E-state index in [0.29, 0.717) is 0 Å². The molecule has 9 heteroatoms. The number of hydrogen-bond donors (Lipinski definition) is 6. The molecule has 0 unspecified atom stereocenters. The van der Waals surface area contributed by atoms with Gasteiger partial charge >= 0.3 is 0 Å². The van der Waals surface area contributed by atoms with Crippen molar-refractivity contribution >= 4 is 0 Å². The van der Waals surface area contributed by atoms with Crippen molar-refractivity contribution in [3.8, 4) is 0 Å². The highest BCUT2D eigenvalue weighted by molar-refractivity contribution is 4.90. The van der Waals surface area contributed by atoms with Gasteiger partial charge in [-0.25, -0.2) is 0 Å². The Kier molecular flexibility index (Phi) is 4.95. The molecule has 0 amide bonds. The molecule has 0 spiro atoms. The van der Waals surface area contributed by atoms with Crippen molar-refractivity contribution in [1.82, 2.24) is 0 Å². The monoisotopic (exact) mass is 296 g/mol. The van der Waals surface area contributed by atoms with E-state index in [-0.39, 0.29) is 6.61 Å². The smallest absolute Gasteiger partial charge is 0.187 e. The standard InChI is InChI=1S/C11H20O9/c1-3-5(13)7(15)8(16)11(19-3)20-9-6(14)4(12)2-18-10(9)17/h3-17H,2H2,1H3/t3-,4-,5+,6-,7+,8-,9+,10+,11-/m0/s1. The lowest BCUT2D eigenvalue weighted by atomic mass is 9.99. The first-order valence-corrected chi connectivity index (χ1v) is 6.34. The molecule has 118 valence electrons. The van der Waals surface area contributed by atoms with Crippen LogP contribution in [0, 0.1) is 0 Å². The summed E-state index contributed by atoms with van der Waals surface area (Å²) in [4.78, 5) is 0. The number of ether oxygens (including phenoxy) is 3. The first-order chi connectivity index (χ1) is 9.32. The van der Waals surface area contributed by atoms with Gasteiger partial charge in [-0.15, -0.1) is 0 Å². The zero-order chi connectivity index (χ0) is 15.0. The molecular formula is C11H20O9. The molecule has 2 heterocycles. The number of aliphatic hydroxyl groups excluding tert-OH is 6. The molecule has 9 nitrogen and oxygen atoms in total. The third-order valence-corrected chi connectivity index (χ3v) is 3.55. The minimum atomic E-state index is -1.57. The molecule has 0 aromatic heterocycles. The topological polar surface area (TPSA) is 149 Å². The lowest BCUT2D eigenvalue weighted by Gasteiger charge is -2.43. The summed E-state index contributed by atoms with van der Waals surface area (Å²) in [7, 11) is 0. The first kappa shape index (κ1) is 16.0. The fourth-order valence-corrected chi connectivity index (χ4v) is 2.21. The van der Waals surface area contributed by atoms with Gasteiger partial charge in [0.05, 0.1) is 12.7 Å². The zero-order valence-corrected chi connectivity index (χ0v) is 10.8. The van der Waals surface area contributed by atoms with Crippen molar-refractivity contribution in [2.75, 3.05) is 6.61 Å². The van der Waals surface area contributed by atoms with E-state index in [4.69, 9.17) is 14.2 Å². The van der Waals surface area contributed by atoms with Crippen LogP contribution in [0.1, 0.15) is 6.92 Å². The van der Waals surface area contributed by atoms with E-state index in [2.05, 4.69) is 0 Å². The lowest BCUT2D eigenvalue weighted by molar-refractivity contribution is -0.348. The van der Waals surface area contributed by atoms with Gasteiger partial charge in [0, 0.05) is 0 Å². The van der Waals surface area contributed by atoms with Crippen LogP contribution in [0.3, 0.4) is 0 Å². The highest BCUT2D eigenvalue weighted by Crippen LogP contribution is 2.26. The van der Waals surface area contributed by atoms with Gasteiger partial charge in [0.15, 0.2) is 12.6 Å². The van der Waals surface area contributed by atoms with Crippen LogP contribution in [0.4, 0.5) is 0 Å². The van der Waals surface area contributed by atoms with Crippen LogP contribution >= 0.6 is 0 Å². The molecule has 0 aliphatic carbocycles. The van der Waals surface area contributed by atoms with Crippen molar-refractivity contribution in [3.05, 3.63) is 0 Å². The molecule has 2 rings (SSSR count). The normalized spacial score (nSPS) is 53.9. The van der Waals surface area contributed by atoms with Gasteiger partial charge in [-0.2, -0.15) is 0 Å². The van der Waals surface area contributed by atoms with Gasteiger partial charge in [-0.3, -0.25) is 0 Å². The Morgan fingerprint density at radius 2 is 1.55 bits per heavy atom. The second-order valence-corrected chi connectivity index (χ2v) is 5.06. The van der Waals surface area contributed by atoms with Gasteiger partial charge < -0.3 is 44.8 Å². The molecule has 0 radical (unpaired) electrons. The zero-order valence-electron chi connectivity index (χ0n) is 10.8. The molecule has 0 aromatic carbocycles. The van der Waals surface area contributed by atoms with Crippen LogP contribution in [0.15, 0.2) is 0 Å². The minimum absolute atomic E-state index is 0.256. The Balaban J connectivity index is 2.04. The van der Waals surface area contributed by atoms with Gasteiger partial charge in [0.1, 0.15) is 36.6 Å². The summed E-state index contributed by atoms with van der Waals surface area (Å²) in [5.41, 5.74) is 0. The van der Waals surface area contributed by atoms with Crippen molar-refractivity contribution in [2.24, 2.45) is 0 Å². The van der Waals surface area contributed by atoms with E-state index >= 15 is 0 Å². The Bertz CT molecular complexity index is 327. The first-order valence-electron chi connectivity index (χ1n) is 6.34. The van der Waals surface area contributed by atoms with Crippen LogP contribution in [0.5, 0.6) is 0 Å². The highest BCUT2D eigenvalue weighted by Gasteiger charge is 2.47. The van der Waals surface area contributed by atoms with Gasteiger partial charge in [-0.05, 0) is 6.92 Å². The van der Waals surface area contributed by atoms with Crippen LogP contribution in [0.25, 0.3) is 0 Å². The van der Waals surface area contributed by atoms with Crippen LogP contribution < -0.4 is 0 Å². The molecule has 20 heavy (non-hydrogen) atoms. The maximum Gasteiger partial charge on any atom is 0.187 e. The Labute approximate surface area is 114 Å². The number of hydrogen-bond acceptors (Lipinski definition) is 9. The SMILES string of the molecule is C[C@@H]1O[C@@H](O[C@@H]2[C@@H](O)[C@@H](O)CO[C@H]2O)[C@@H](O)[C@H](O)[C@@H]1O. The van der Waals surface area contributed by atoms with Crippen molar-refractivity contribution in [2.45, 2.75) is 62.2 Å². The van der Waals surface area contributed by atoms with E-state index < -0.39 is 55.3 Å². The molecule has 2 saturated heterocycles. The van der Waals surface area contributed by atoms with E-state index in [1.165, 1.54) is 6.92 Å². The summed E-state index contributed by atoms with van der Waals surface area (Å²) in [6, 6.07) is 0. The lowest BCUT2D eigenvalue weighted by Crippen LogP contribution is -2.61. The van der Waals surface area contributed by atoms with E-state index in [9.17, 15) is 30.6 Å². The van der Waals surface area contributed by atoms with Crippen molar-refractivity contribution < 1.29 is 44.8 Å². The maximum absolute atomic E-state index is 9.77. The molecule has 2 aliphatic rings. The summed E-state index contributed by atoms with van der Waals surface area (Å²) < 4.78 is 15.2. The molecule has 9 atom stereocenters. The average Bonchev–Trinajstić information content (AvgIpc) is 2.42. The predicted molar refractivity (Wildman–Crippen MR) is 61.2 cm³/mol.